The zero-order chi connectivity index (χ0) is 15.9. The number of carbonyl (C=O) groups excluding carboxylic acids is 2. The van der Waals surface area contributed by atoms with Gasteiger partial charge in [0.05, 0.1) is 0 Å². The first kappa shape index (κ1) is 17.6. The van der Waals surface area contributed by atoms with Gasteiger partial charge >= 0.3 is 6.09 Å². The Morgan fingerprint density at radius 3 is 2.33 bits per heavy atom. The summed E-state index contributed by atoms with van der Waals surface area (Å²) in [6.45, 7) is 5.88. The Kier molecular flexibility index (Phi) is 6.75. The minimum atomic E-state index is -0.501. The predicted octanol–water partition coefficient (Wildman–Crippen LogP) is 3.90. The molecule has 0 atom stereocenters. The van der Waals surface area contributed by atoms with Gasteiger partial charge in [0.25, 0.3) is 0 Å². The van der Waals surface area contributed by atoms with Crippen LogP contribution in [0.15, 0.2) is 29.2 Å². The van der Waals surface area contributed by atoms with Crippen molar-refractivity contribution in [3.63, 3.8) is 0 Å². The van der Waals surface area contributed by atoms with Crippen LogP contribution in [-0.2, 0) is 4.74 Å². The van der Waals surface area contributed by atoms with Gasteiger partial charge in [-0.05, 0) is 45.6 Å². The molecule has 0 heterocycles. The van der Waals surface area contributed by atoms with E-state index in [0.29, 0.717) is 24.9 Å². The smallest absolute Gasteiger partial charge is 0.407 e. The lowest BCUT2D eigenvalue weighted by atomic mass is 10.1. The summed E-state index contributed by atoms with van der Waals surface area (Å²) in [5.74, 6) is 0.0913. The Labute approximate surface area is 130 Å². The number of carbonyl (C=O) groups is 2. The number of thioether (sulfide) groups is 1. The summed E-state index contributed by atoms with van der Waals surface area (Å²) >= 11 is 1.65. The van der Waals surface area contributed by atoms with Gasteiger partial charge < -0.3 is 10.1 Å². The third-order valence-electron chi connectivity index (χ3n) is 2.66. The molecule has 0 aromatic heterocycles. The highest BCUT2D eigenvalue weighted by molar-refractivity contribution is 7.98. The van der Waals surface area contributed by atoms with Crippen LogP contribution < -0.4 is 5.32 Å². The Hall–Kier alpha value is -1.49. The van der Waals surface area contributed by atoms with Gasteiger partial charge in [0.15, 0.2) is 5.78 Å². The second-order valence-corrected chi connectivity index (χ2v) is 6.56. The van der Waals surface area contributed by atoms with Crippen LogP contribution in [0.2, 0.25) is 0 Å². The van der Waals surface area contributed by atoms with Gasteiger partial charge in [0.2, 0.25) is 0 Å². The van der Waals surface area contributed by atoms with Crippen molar-refractivity contribution in [2.45, 2.75) is 44.1 Å². The van der Waals surface area contributed by atoms with Crippen LogP contribution in [0.25, 0.3) is 0 Å². The van der Waals surface area contributed by atoms with Crippen molar-refractivity contribution >= 4 is 23.6 Å². The zero-order valence-electron chi connectivity index (χ0n) is 13.1. The Morgan fingerprint density at radius 1 is 1.19 bits per heavy atom. The molecule has 0 aliphatic rings. The van der Waals surface area contributed by atoms with Crippen molar-refractivity contribution in [3.05, 3.63) is 29.8 Å². The lowest BCUT2D eigenvalue weighted by Gasteiger charge is -2.19. The normalized spacial score (nSPS) is 11.0. The average molecular weight is 309 g/mol. The first-order valence-corrected chi connectivity index (χ1v) is 8.18. The van der Waals surface area contributed by atoms with Crippen LogP contribution in [0.4, 0.5) is 4.79 Å². The molecule has 1 aromatic rings. The molecule has 0 saturated heterocycles. The van der Waals surface area contributed by atoms with E-state index in [-0.39, 0.29) is 5.78 Å². The van der Waals surface area contributed by atoms with Crippen LogP contribution in [-0.4, -0.2) is 30.3 Å². The number of ketones is 1. The quantitative estimate of drug-likeness (QED) is 0.492. The summed E-state index contributed by atoms with van der Waals surface area (Å²) in [5.41, 5.74) is 0.212. The van der Waals surface area contributed by atoms with Gasteiger partial charge in [-0.1, -0.05) is 12.1 Å². The molecule has 0 aliphatic heterocycles. The van der Waals surface area contributed by atoms with Crippen molar-refractivity contribution in [1.82, 2.24) is 5.32 Å². The number of nitrogens with one attached hydrogen (secondary N) is 1. The van der Waals surface area contributed by atoms with Gasteiger partial charge in [-0.3, -0.25) is 4.79 Å². The SMILES string of the molecule is CSc1ccc(C(=O)CCCNC(=O)OC(C)(C)C)cc1. The summed E-state index contributed by atoms with van der Waals surface area (Å²) in [6, 6.07) is 7.57. The van der Waals surface area contributed by atoms with E-state index in [1.54, 1.807) is 11.8 Å². The molecule has 0 saturated carbocycles. The van der Waals surface area contributed by atoms with Crippen LogP contribution in [0.5, 0.6) is 0 Å². The molecule has 5 heteroatoms. The second kappa shape index (κ2) is 8.08. The highest BCUT2D eigenvalue weighted by Gasteiger charge is 2.15. The molecular weight excluding hydrogens is 286 g/mol. The van der Waals surface area contributed by atoms with Gasteiger partial charge in [0, 0.05) is 23.4 Å². The van der Waals surface area contributed by atoms with Crippen molar-refractivity contribution < 1.29 is 14.3 Å². The molecule has 21 heavy (non-hydrogen) atoms. The maximum absolute atomic E-state index is 12.0. The predicted molar refractivity (Wildman–Crippen MR) is 86.0 cm³/mol. The molecule has 0 bridgehead atoms. The number of hydrogen-bond acceptors (Lipinski definition) is 4. The zero-order valence-corrected chi connectivity index (χ0v) is 13.9. The van der Waals surface area contributed by atoms with Gasteiger partial charge in [-0.15, -0.1) is 11.8 Å². The van der Waals surface area contributed by atoms with E-state index >= 15 is 0 Å². The molecule has 0 spiro atoms. The standard InChI is InChI=1S/C16H23NO3S/c1-16(2,3)20-15(19)17-11-5-6-14(18)12-7-9-13(21-4)10-8-12/h7-10H,5-6,11H2,1-4H3,(H,17,19). The topological polar surface area (TPSA) is 55.4 Å². The van der Waals surface area contributed by atoms with Crippen molar-refractivity contribution in [2.24, 2.45) is 0 Å². The molecule has 0 radical (unpaired) electrons. The highest BCUT2D eigenvalue weighted by Crippen LogP contribution is 2.16. The van der Waals surface area contributed by atoms with Gasteiger partial charge in [0.1, 0.15) is 5.60 Å². The number of hydrogen-bond donors (Lipinski definition) is 1. The van der Waals surface area contributed by atoms with E-state index in [4.69, 9.17) is 4.74 Å². The van der Waals surface area contributed by atoms with Gasteiger partial charge in [-0.25, -0.2) is 4.79 Å². The van der Waals surface area contributed by atoms with Crippen molar-refractivity contribution in [2.75, 3.05) is 12.8 Å². The Bertz CT molecular complexity index is 477. The summed E-state index contributed by atoms with van der Waals surface area (Å²) in [6.07, 6.45) is 2.56. The maximum Gasteiger partial charge on any atom is 0.407 e. The molecule has 1 amide bonds. The van der Waals surface area contributed by atoms with Crippen LogP contribution in [0.1, 0.15) is 44.0 Å². The number of rotatable bonds is 6. The number of benzene rings is 1. The van der Waals surface area contributed by atoms with E-state index in [1.807, 2.05) is 51.3 Å². The third kappa shape index (κ3) is 7.18. The Morgan fingerprint density at radius 2 is 1.81 bits per heavy atom. The molecule has 0 aliphatic carbocycles. The number of amides is 1. The minimum absolute atomic E-state index is 0.0913. The summed E-state index contributed by atoms with van der Waals surface area (Å²) < 4.78 is 5.12. The van der Waals surface area contributed by atoms with Gasteiger partial charge in [-0.2, -0.15) is 0 Å². The highest BCUT2D eigenvalue weighted by atomic mass is 32.2. The van der Waals surface area contributed by atoms with Crippen molar-refractivity contribution in [3.8, 4) is 0 Å². The molecule has 0 unspecified atom stereocenters. The minimum Gasteiger partial charge on any atom is -0.444 e. The van der Waals surface area contributed by atoms with E-state index in [9.17, 15) is 9.59 Å². The van der Waals surface area contributed by atoms with Crippen LogP contribution in [0.3, 0.4) is 0 Å². The number of ether oxygens (including phenoxy) is 1. The maximum atomic E-state index is 12.0. The molecule has 0 fully saturated rings. The fourth-order valence-electron chi connectivity index (χ4n) is 1.67. The Balaban J connectivity index is 2.28. The van der Waals surface area contributed by atoms with Crippen LogP contribution in [0, 0.1) is 0 Å². The first-order chi connectivity index (χ1) is 9.81. The number of Topliss-reactive ketones (excluding diaryl/α,β-unsaturated/α-hetero) is 1. The third-order valence-corrected chi connectivity index (χ3v) is 3.40. The monoisotopic (exact) mass is 309 g/mol. The first-order valence-electron chi connectivity index (χ1n) is 6.96. The van der Waals surface area contributed by atoms with E-state index in [1.165, 1.54) is 0 Å². The molecule has 4 nitrogen and oxygen atoms in total. The molecular formula is C16H23NO3S. The largest absolute Gasteiger partial charge is 0.444 e. The molecule has 1 aromatic carbocycles. The fraction of sp³-hybridized carbons (Fsp3) is 0.500. The summed E-state index contributed by atoms with van der Waals surface area (Å²) in [5, 5.41) is 2.65. The molecule has 1 rings (SSSR count). The molecule has 1 N–H and O–H groups in total. The lowest BCUT2D eigenvalue weighted by molar-refractivity contribution is 0.0525. The fourth-order valence-corrected chi connectivity index (χ4v) is 2.08. The van der Waals surface area contributed by atoms with E-state index in [0.717, 1.165) is 4.90 Å². The lowest BCUT2D eigenvalue weighted by Crippen LogP contribution is -2.33. The molecule has 116 valence electrons. The van der Waals surface area contributed by atoms with Crippen molar-refractivity contribution in [1.29, 1.82) is 0 Å². The summed E-state index contributed by atoms with van der Waals surface area (Å²) in [4.78, 5) is 24.5. The average Bonchev–Trinajstić information content (AvgIpc) is 2.41. The summed E-state index contributed by atoms with van der Waals surface area (Å²) in [7, 11) is 0. The van der Waals surface area contributed by atoms with Crippen LogP contribution >= 0.6 is 11.8 Å². The van der Waals surface area contributed by atoms with E-state index in [2.05, 4.69) is 5.32 Å². The second-order valence-electron chi connectivity index (χ2n) is 5.68. The number of alkyl carbamates (subject to hydrolysis) is 1. The van der Waals surface area contributed by atoms with E-state index < -0.39 is 11.7 Å².